The van der Waals surface area contributed by atoms with Gasteiger partial charge in [-0.2, -0.15) is 4.98 Å². The average Bonchev–Trinajstić information content (AvgIpc) is 3.38. The molecule has 0 radical (unpaired) electrons. The third-order valence-corrected chi connectivity index (χ3v) is 5.27. The minimum Gasteiger partial charge on any atom is -0.497 e. The summed E-state index contributed by atoms with van der Waals surface area (Å²) in [5.41, 5.74) is 3.58. The first-order chi connectivity index (χ1) is 13.3. The normalized spacial score (nSPS) is 17.3. The van der Waals surface area contributed by atoms with E-state index in [2.05, 4.69) is 64.4 Å². The molecule has 5 heteroatoms. The average molecular weight is 363 g/mol. The molecule has 0 aliphatic carbocycles. The Morgan fingerprint density at radius 3 is 2.81 bits per heavy atom. The number of nitrogens with zero attached hydrogens (tertiary/aromatic N) is 3. The largest absolute Gasteiger partial charge is 0.497 e. The van der Waals surface area contributed by atoms with Crippen molar-refractivity contribution in [2.24, 2.45) is 0 Å². The van der Waals surface area contributed by atoms with Crippen molar-refractivity contribution in [3.63, 3.8) is 0 Å². The van der Waals surface area contributed by atoms with Crippen molar-refractivity contribution in [3.8, 4) is 17.1 Å². The van der Waals surface area contributed by atoms with Crippen LogP contribution in [0.15, 0.2) is 53.1 Å². The Morgan fingerprint density at radius 2 is 2.04 bits per heavy atom. The highest BCUT2D eigenvalue weighted by Gasteiger charge is 2.28. The summed E-state index contributed by atoms with van der Waals surface area (Å²) in [4.78, 5) is 7.03. The lowest BCUT2D eigenvalue weighted by atomic mass is 10.0. The van der Waals surface area contributed by atoms with Gasteiger partial charge in [-0.25, -0.2) is 0 Å². The van der Waals surface area contributed by atoms with E-state index in [0.717, 1.165) is 30.7 Å². The van der Waals surface area contributed by atoms with Crippen LogP contribution in [0.4, 0.5) is 0 Å². The van der Waals surface area contributed by atoms with Crippen molar-refractivity contribution >= 4 is 0 Å². The zero-order chi connectivity index (χ0) is 18.6. The van der Waals surface area contributed by atoms with Crippen LogP contribution in [0, 0.1) is 0 Å². The van der Waals surface area contributed by atoms with Crippen molar-refractivity contribution < 1.29 is 9.26 Å². The van der Waals surface area contributed by atoms with E-state index in [0.29, 0.717) is 24.3 Å². The maximum Gasteiger partial charge on any atom is 0.241 e. The van der Waals surface area contributed by atoms with Crippen LogP contribution in [0.3, 0.4) is 0 Å². The van der Waals surface area contributed by atoms with Crippen LogP contribution < -0.4 is 4.74 Å². The lowest BCUT2D eigenvalue weighted by molar-refractivity contribution is 0.212. The monoisotopic (exact) mass is 363 g/mol. The fourth-order valence-corrected chi connectivity index (χ4v) is 3.74. The molecule has 0 bridgehead atoms. The fraction of sp³-hybridized carbons (Fsp3) is 0.364. The third-order valence-electron chi connectivity index (χ3n) is 5.27. The summed E-state index contributed by atoms with van der Waals surface area (Å²) in [6, 6.07) is 17.0. The molecule has 4 rings (SSSR count). The molecule has 0 saturated carbocycles. The third kappa shape index (κ3) is 3.88. The van der Waals surface area contributed by atoms with Gasteiger partial charge in [0.15, 0.2) is 0 Å². The molecule has 1 atom stereocenters. The number of ether oxygens (including phenoxy) is 1. The van der Waals surface area contributed by atoms with Gasteiger partial charge in [-0.15, -0.1) is 0 Å². The summed E-state index contributed by atoms with van der Waals surface area (Å²) in [5.74, 6) is 2.22. The summed E-state index contributed by atoms with van der Waals surface area (Å²) < 4.78 is 10.9. The molecule has 140 valence electrons. The quantitative estimate of drug-likeness (QED) is 0.638. The summed E-state index contributed by atoms with van der Waals surface area (Å²) in [6.45, 7) is 3.85. The number of hydrogen-bond acceptors (Lipinski definition) is 5. The molecule has 5 nitrogen and oxygen atoms in total. The molecule has 2 heterocycles. The highest BCUT2D eigenvalue weighted by Crippen LogP contribution is 2.34. The maximum absolute atomic E-state index is 5.54. The van der Waals surface area contributed by atoms with Crippen LogP contribution in [-0.2, 0) is 13.0 Å². The molecule has 1 aliphatic heterocycles. The van der Waals surface area contributed by atoms with E-state index < -0.39 is 0 Å². The molecule has 0 N–H and O–H groups in total. The van der Waals surface area contributed by atoms with Crippen LogP contribution >= 0.6 is 0 Å². The smallest absolute Gasteiger partial charge is 0.241 e. The molecule has 2 aromatic carbocycles. The van der Waals surface area contributed by atoms with Gasteiger partial charge >= 0.3 is 0 Å². The number of aryl methyl sites for hydroxylation is 1. The Labute approximate surface area is 160 Å². The van der Waals surface area contributed by atoms with E-state index in [4.69, 9.17) is 9.26 Å². The topological polar surface area (TPSA) is 51.4 Å². The van der Waals surface area contributed by atoms with Gasteiger partial charge in [0.2, 0.25) is 11.7 Å². The molecular weight excluding hydrogens is 338 g/mol. The number of benzene rings is 2. The lowest BCUT2D eigenvalue weighted by Gasteiger charge is -2.23. The first kappa shape index (κ1) is 17.7. The van der Waals surface area contributed by atoms with Gasteiger partial charge in [-0.3, -0.25) is 4.90 Å². The first-order valence-electron chi connectivity index (χ1n) is 9.56. The highest BCUT2D eigenvalue weighted by atomic mass is 16.5. The van der Waals surface area contributed by atoms with Gasteiger partial charge in [0.05, 0.1) is 13.7 Å². The minimum absolute atomic E-state index is 0.360. The molecule has 1 aliphatic rings. The van der Waals surface area contributed by atoms with E-state index in [9.17, 15) is 0 Å². The lowest BCUT2D eigenvalue weighted by Crippen LogP contribution is -2.23. The van der Waals surface area contributed by atoms with E-state index >= 15 is 0 Å². The SMILES string of the molecule is CCc1ccc(-c2noc(CN3CCCC3c3cccc(OC)c3)n2)cc1. The van der Waals surface area contributed by atoms with Crippen LogP contribution in [-0.4, -0.2) is 28.7 Å². The van der Waals surface area contributed by atoms with Gasteiger partial charge in [0.25, 0.3) is 0 Å². The summed E-state index contributed by atoms with van der Waals surface area (Å²) in [6.07, 6.45) is 3.33. The van der Waals surface area contributed by atoms with Crippen molar-refractivity contribution in [2.45, 2.75) is 38.8 Å². The highest BCUT2D eigenvalue weighted by molar-refractivity contribution is 5.54. The van der Waals surface area contributed by atoms with Gasteiger partial charge in [-0.1, -0.05) is 48.5 Å². The van der Waals surface area contributed by atoms with Gasteiger partial charge in [-0.05, 0) is 49.1 Å². The second kappa shape index (κ2) is 7.92. The van der Waals surface area contributed by atoms with Gasteiger partial charge < -0.3 is 9.26 Å². The molecule has 1 aromatic heterocycles. The van der Waals surface area contributed by atoms with E-state index in [-0.39, 0.29) is 0 Å². The molecule has 3 aromatic rings. The molecule has 0 spiro atoms. The molecule has 0 amide bonds. The van der Waals surface area contributed by atoms with Crippen molar-refractivity contribution in [1.82, 2.24) is 15.0 Å². The standard InChI is InChI=1S/C22H25N3O2/c1-3-16-9-11-17(12-10-16)22-23-21(27-24-22)15-25-13-5-8-20(25)18-6-4-7-19(14-18)26-2/h4,6-7,9-12,14,20H,3,5,8,13,15H2,1-2H3. The molecule has 1 unspecified atom stereocenters. The Balaban J connectivity index is 1.49. The summed E-state index contributed by atoms with van der Waals surface area (Å²) >= 11 is 0. The Kier molecular flexibility index (Phi) is 5.21. The van der Waals surface area contributed by atoms with Crippen LogP contribution in [0.1, 0.15) is 42.8 Å². The van der Waals surface area contributed by atoms with Gasteiger partial charge in [0, 0.05) is 11.6 Å². The predicted octanol–water partition coefficient (Wildman–Crippen LogP) is 4.64. The second-order valence-corrected chi connectivity index (χ2v) is 6.97. The number of aromatic nitrogens is 2. The van der Waals surface area contributed by atoms with E-state index in [1.165, 1.54) is 17.5 Å². The molecule has 27 heavy (non-hydrogen) atoms. The van der Waals surface area contributed by atoms with Crippen molar-refractivity contribution in [2.75, 3.05) is 13.7 Å². The number of hydrogen-bond donors (Lipinski definition) is 0. The number of methoxy groups -OCH3 is 1. The molecular formula is C22H25N3O2. The zero-order valence-electron chi connectivity index (χ0n) is 15.9. The summed E-state index contributed by atoms with van der Waals surface area (Å²) in [5, 5.41) is 4.18. The predicted molar refractivity (Wildman–Crippen MR) is 104 cm³/mol. The zero-order valence-corrected chi connectivity index (χ0v) is 15.9. The Bertz CT molecular complexity index is 889. The fourth-order valence-electron chi connectivity index (χ4n) is 3.74. The van der Waals surface area contributed by atoms with E-state index in [1.54, 1.807) is 7.11 Å². The molecule has 1 saturated heterocycles. The van der Waals surface area contributed by atoms with Crippen LogP contribution in [0.25, 0.3) is 11.4 Å². The van der Waals surface area contributed by atoms with Crippen molar-refractivity contribution in [3.05, 3.63) is 65.5 Å². The molecule has 1 fully saturated rings. The van der Waals surface area contributed by atoms with Crippen LogP contribution in [0.2, 0.25) is 0 Å². The van der Waals surface area contributed by atoms with Crippen molar-refractivity contribution in [1.29, 1.82) is 0 Å². The maximum atomic E-state index is 5.54. The van der Waals surface area contributed by atoms with Crippen LogP contribution in [0.5, 0.6) is 5.75 Å². The second-order valence-electron chi connectivity index (χ2n) is 6.97. The summed E-state index contributed by atoms with van der Waals surface area (Å²) in [7, 11) is 1.71. The van der Waals surface area contributed by atoms with E-state index in [1.807, 2.05) is 6.07 Å². The van der Waals surface area contributed by atoms with Gasteiger partial charge in [0.1, 0.15) is 5.75 Å². The minimum atomic E-state index is 0.360. The first-order valence-corrected chi connectivity index (χ1v) is 9.56. The Hall–Kier alpha value is -2.66. The Morgan fingerprint density at radius 1 is 1.19 bits per heavy atom. The number of likely N-dealkylation sites (tertiary alicyclic amines) is 1. The number of rotatable bonds is 6.